The molecule has 1 aromatic heterocycles. The monoisotopic (exact) mass is 411 g/mol. The molecule has 2 amide bonds. The Labute approximate surface area is 171 Å². The van der Waals surface area contributed by atoms with E-state index < -0.39 is 5.82 Å². The zero-order valence-electron chi connectivity index (χ0n) is 15.6. The van der Waals surface area contributed by atoms with Gasteiger partial charge in [0.2, 0.25) is 5.91 Å². The Kier molecular flexibility index (Phi) is 6.36. The van der Waals surface area contributed by atoms with Crippen LogP contribution < -0.4 is 15.4 Å². The van der Waals surface area contributed by atoms with Gasteiger partial charge in [0.15, 0.2) is 5.13 Å². The van der Waals surface area contributed by atoms with Crippen LogP contribution in [0.4, 0.5) is 15.2 Å². The number of hydrogen-bond acceptors (Lipinski definition) is 5. The molecular weight excluding hydrogens is 393 g/mol. The summed E-state index contributed by atoms with van der Waals surface area (Å²) in [5.41, 5.74) is 1.37. The van der Waals surface area contributed by atoms with Crippen molar-refractivity contribution in [3.8, 4) is 17.0 Å². The Bertz CT molecular complexity index is 1060. The van der Waals surface area contributed by atoms with E-state index in [0.29, 0.717) is 27.8 Å². The fourth-order valence-electron chi connectivity index (χ4n) is 2.55. The van der Waals surface area contributed by atoms with Gasteiger partial charge in [-0.1, -0.05) is 24.8 Å². The van der Waals surface area contributed by atoms with Crippen LogP contribution in [0.1, 0.15) is 17.3 Å². The third-order valence-electron chi connectivity index (χ3n) is 3.78. The second kappa shape index (κ2) is 9.11. The highest BCUT2D eigenvalue weighted by atomic mass is 32.1. The van der Waals surface area contributed by atoms with E-state index in [-0.39, 0.29) is 24.0 Å². The molecule has 0 aliphatic rings. The molecule has 1 heterocycles. The molecule has 148 valence electrons. The Morgan fingerprint density at radius 2 is 2.03 bits per heavy atom. The van der Waals surface area contributed by atoms with Crippen LogP contribution in [0.25, 0.3) is 11.3 Å². The average molecular weight is 411 g/mol. The van der Waals surface area contributed by atoms with Crippen LogP contribution in [0.2, 0.25) is 0 Å². The Morgan fingerprint density at radius 1 is 1.24 bits per heavy atom. The number of benzene rings is 2. The number of aromatic nitrogens is 1. The number of nitrogens with zero attached hydrogens (tertiary/aromatic N) is 1. The molecule has 0 unspecified atom stereocenters. The number of carbonyl (C=O) groups is 2. The molecule has 0 saturated heterocycles. The van der Waals surface area contributed by atoms with E-state index >= 15 is 0 Å². The van der Waals surface area contributed by atoms with E-state index in [4.69, 9.17) is 4.74 Å². The third-order valence-corrected chi connectivity index (χ3v) is 4.54. The van der Waals surface area contributed by atoms with E-state index in [1.165, 1.54) is 30.4 Å². The molecule has 8 heteroatoms. The molecule has 0 bridgehead atoms. The van der Waals surface area contributed by atoms with Crippen molar-refractivity contribution < 1.29 is 18.7 Å². The van der Waals surface area contributed by atoms with Crippen molar-refractivity contribution >= 4 is 34.0 Å². The van der Waals surface area contributed by atoms with Crippen LogP contribution in [0.5, 0.6) is 5.75 Å². The second-order valence-electron chi connectivity index (χ2n) is 5.96. The maximum absolute atomic E-state index is 14.4. The number of rotatable bonds is 7. The molecule has 0 aliphatic carbocycles. The summed E-state index contributed by atoms with van der Waals surface area (Å²) in [6.45, 7) is 5.22. The van der Waals surface area contributed by atoms with Gasteiger partial charge in [0.05, 0.1) is 11.3 Å². The first kappa shape index (κ1) is 20.2. The van der Waals surface area contributed by atoms with Crippen LogP contribution in [-0.2, 0) is 4.79 Å². The molecule has 3 rings (SSSR count). The summed E-state index contributed by atoms with van der Waals surface area (Å²) in [4.78, 5) is 28.0. The van der Waals surface area contributed by atoms with Gasteiger partial charge < -0.3 is 10.1 Å². The zero-order valence-corrected chi connectivity index (χ0v) is 16.4. The normalized spacial score (nSPS) is 10.3. The Hall–Kier alpha value is -3.52. The molecule has 0 fully saturated rings. The first-order chi connectivity index (χ1) is 14.0. The first-order valence-electron chi connectivity index (χ1n) is 8.65. The van der Waals surface area contributed by atoms with Gasteiger partial charge in [-0.2, -0.15) is 0 Å². The van der Waals surface area contributed by atoms with Crippen LogP contribution in [0, 0.1) is 5.82 Å². The number of halogens is 1. The van der Waals surface area contributed by atoms with Crippen molar-refractivity contribution in [2.75, 3.05) is 17.2 Å². The van der Waals surface area contributed by atoms with Gasteiger partial charge in [-0.3, -0.25) is 14.9 Å². The summed E-state index contributed by atoms with van der Waals surface area (Å²) < 4.78 is 19.9. The molecular formula is C21H18FN3O3S. The zero-order chi connectivity index (χ0) is 20.8. The molecule has 6 nitrogen and oxygen atoms in total. The largest absolute Gasteiger partial charge is 0.489 e. The minimum atomic E-state index is -0.525. The van der Waals surface area contributed by atoms with Gasteiger partial charge in [0.25, 0.3) is 5.91 Å². The summed E-state index contributed by atoms with van der Waals surface area (Å²) in [7, 11) is 0. The van der Waals surface area contributed by atoms with Crippen molar-refractivity contribution in [3.63, 3.8) is 0 Å². The summed E-state index contributed by atoms with van der Waals surface area (Å²) in [6, 6.07) is 11.2. The number of para-hydroxylation sites is 1. The van der Waals surface area contributed by atoms with Crippen molar-refractivity contribution in [1.82, 2.24) is 4.98 Å². The fraction of sp³-hybridized carbons (Fsp3) is 0.0952. The number of amides is 2. The molecule has 2 N–H and O–H groups in total. The molecule has 0 radical (unpaired) electrons. The quantitative estimate of drug-likeness (QED) is 0.551. The summed E-state index contributed by atoms with van der Waals surface area (Å²) in [5, 5.41) is 7.20. The number of anilines is 2. The maximum atomic E-state index is 14.4. The van der Waals surface area contributed by atoms with Crippen LogP contribution in [0.3, 0.4) is 0 Å². The number of hydrogen-bond donors (Lipinski definition) is 2. The lowest BCUT2D eigenvalue weighted by Gasteiger charge is -2.09. The second-order valence-corrected chi connectivity index (χ2v) is 6.82. The topological polar surface area (TPSA) is 80.3 Å². The van der Waals surface area contributed by atoms with Gasteiger partial charge in [-0.05, 0) is 30.3 Å². The van der Waals surface area contributed by atoms with Crippen molar-refractivity contribution in [1.29, 1.82) is 0 Å². The van der Waals surface area contributed by atoms with Gasteiger partial charge >= 0.3 is 0 Å². The van der Waals surface area contributed by atoms with E-state index in [2.05, 4.69) is 22.2 Å². The Morgan fingerprint density at radius 3 is 2.76 bits per heavy atom. The molecule has 0 atom stereocenters. The lowest BCUT2D eigenvalue weighted by molar-refractivity contribution is -0.114. The predicted octanol–water partition coefficient (Wildman–Crippen LogP) is 4.72. The molecule has 0 spiro atoms. The number of nitrogens with one attached hydrogen (secondary N) is 2. The van der Waals surface area contributed by atoms with E-state index in [0.717, 1.165) is 0 Å². The Balaban J connectivity index is 1.77. The lowest BCUT2D eigenvalue weighted by atomic mass is 10.1. The van der Waals surface area contributed by atoms with Gasteiger partial charge in [-0.25, -0.2) is 9.37 Å². The van der Waals surface area contributed by atoms with Crippen LogP contribution >= 0.6 is 11.3 Å². The van der Waals surface area contributed by atoms with Crippen LogP contribution in [-0.4, -0.2) is 23.4 Å². The summed E-state index contributed by atoms with van der Waals surface area (Å²) in [6.07, 6.45) is 1.59. The highest BCUT2D eigenvalue weighted by molar-refractivity contribution is 7.14. The summed E-state index contributed by atoms with van der Waals surface area (Å²) in [5.74, 6) is -0.760. The standard InChI is InChI=1S/C21H18FN3O3S/c1-3-10-28-19-7-5-4-6-16(19)20(27)25-21-24-18(12-29-21)15-9-8-14(11-17(15)22)23-13(2)26/h3-9,11-12H,1,10H2,2H3,(H,23,26)(H,24,25,27). The summed E-state index contributed by atoms with van der Waals surface area (Å²) >= 11 is 1.18. The van der Waals surface area contributed by atoms with E-state index in [9.17, 15) is 14.0 Å². The van der Waals surface area contributed by atoms with Crippen LogP contribution in [0.15, 0.2) is 60.5 Å². The minimum Gasteiger partial charge on any atom is -0.489 e. The highest BCUT2D eigenvalue weighted by Gasteiger charge is 2.15. The van der Waals surface area contributed by atoms with Gasteiger partial charge in [-0.15, -0.1) is 11.3 Å². The van der Waals surface area contributed by atoms with Crippen molar-refractivity contribution in [3.05, 3.63) is 71.9 Å². The minimum absolute atomic E-state index is 0.269. The van der Waals surface area contributed by atoms with Gasteiger partial charge in [0.1, 0.15) is 18.2 Å². The molecule has 0 aliphatic heterocycles. The lowest BCUT2D eigenvalue weighted by Crippen LogP contribution is -2.13. The fourth-order valence-corrected chi connectivity index (χ4v) is 3.26. The predicted molar refractivity (Wildman–Crippen MR) is 112 cm³/mol. The maximum Gasteiger partial charge on any atom is 0.261 e. The van der Waals surface area contributed by atoms with Crippen molar-refractivity contribution in [2.24, 2.45) is 0 Å². The molecule has 0 saturated carbocycles. The van der Waals surface area contributed by atoms with E-state index in [1.54, 1.807) is 41.8 Å². The SMILES string of the molecule is C=CCOc1ccccc1C(=O)Nc1nc(-c2ccc(NC(C)=O)cc2F)cs1. The average Bonchev–Trinajstić information content (AvgIpc) is 3.14. The highest BCUT2D eigenvalue weighted by Crippen LogP contribution is 2.29. The number of carbonyl (C=O) groups excluding carboxylic acids is 2. The van der Waals surface area contributed by atoms with Crippen molar-refractivity contribution in [2.45, 2.75) is 6.92 Å². The molecule has 3 aromatic rings. The smallest absolute Gasteiger partial charge is 0.261 e. The number of ether oxygens (including phenoxy) is 1. The third kappa shape index (κ3) is 5.05. The van der Waals surface area contributed by atoms with Gasteiger partial charge in [0, 0.05) is 23.6 Å². The first-order valence-corrected chi connectivity index (χ1v) is 9.53. The number of thiazole rings is 1. The molecule has 29 heavy (non-hydrogen) atoms. The van der Waals surface area contributed by atoms with E-state index in [1.807, 2.05) is 0 Å². The molecule has 2 aromatic carbocycles.